The lowest BCUT2D eigenvalue weighted by Crippen LogP contribution is -2.43. The minimum absolute atomic E-state index is 0.0284. The number of halogens is 3. The number of nitrogens with zero attached hydrogens (tertiary/aromatic N) is 3. The molecule has 1 amide bonds. The largest absolute Gasteiger partial charge is 0.351 e. The van der Waals surface area contributed by atoms with E-state index in [0.29, 0.717) is 41.8 Å². The number of amides is 1. The Hall–Kier alpha value is -2.68. The Labute approximate surface area is 228 Å². The van der Waals surface area contributed by atoms with Crippen molar-refractivity contribution in [1.82, 2.24) is 25.2 Å². The normalized spacial score (nSPS) is 15.9. The molecule has 194 valence electrons. The number of fused-ring (bicyclic) bond motifs is 1. The van der Waals surface area contributed by atoms with E-state index < -0.39 is 11.7 Å². The zero-order valence-electron chi connectivity index (χ0n) is 20.1. The van der Waals surface area contributed by atoms with Crippen LogP contribution in [0.5, 0.6) is 0 Å². The van der Waals surface area contributed by atoms with Gasteiger partial charge in [0.1, 0.15) is 5.52 Å². The molecule has 0 atom stereocenters. The van der Waals surface area contributed by atoms with Crippen molar-refractivity contribution in [2.45, 2.75) is 19.4 Å². The van der Waals surface area contributed by atoms with Gasteiger partial charge in [0.25, 0.3) is 5.91 Å². The Bertz CT molecular complexity index is 1360. The van der Waals surface area contributed by atoms with Gasteiger partial charge in [0.2, 0.25) is 0 Å². The van der Waals surface area contributed by atoms with Crippen LogP contribution in [0.25, 0.3) is 11.0 Å². The van der Waals surface area contributed by atoms with Gasteiger partial charge in [-0.05, 0) is 43.0 Å². The summed E-state index contributed by atoms with van der Waals surface area (Å²) < 4.78 is 18.3. The van der Waals surface area contributed by atoms with Gasteiger partial charge in [-0.15, -0.1) is 0 Å². The summed E-state index contributed by atoms with van der Waals surface area (Å²) in [5.41, 5.74) is 3.56. The number of aromatic nitrogens is 2. The van der Waals surface area contributed by atoms with E-state index in [4.69, 9.17) is 16.4 Å². The first-order valence-corrected chi connectivity index (χ1v) is 13.4. The van der Waals surface area contributed by atoms with E-state index in [1.54, 1.807) is 28.8 Å². The van der Waals surface area contributed by atoms with E-state index in [1.165, 1.54) is 6.33 Å². The van der Waals surface area contributed by atoms with Crippen LogP contribution in [0, 0.1) is 23.6 Å². The molecule has 0 unspecified atom stereocenters. The first kappa shape index (κ1) is 25.9. The molecule has 2 aromatic carbocycles. The lowest BCUT2D eigenvalue weighted by molar-refractivity contribution is 0.0271. The standard InChI is InChI=1S/C26H27BrClFN6O2/c27-18-5-6-21(20(28)13-18)32-24-19(26(36)33-37-15-17-3-4-17)14-22-25(23(24)29)31-16-35(22)10-2-1-9-34-11-7-30-8-12-34/h5-6,13-14,16-17,30,32H,3-4,7-12,15H2,(H,33,36). The SMILES string of the molecule is O=C(NOCC1CC1)c1cc2c(ncn2CC#CCN2CCNCC2)c(F)c1Nc1ccc(Br)cc1Cl. The average Bonchev–Trinajstić information content (AvgIpc) is 3.63. The molecule has 2 heterocycles. The maximum Gasteiger partial charge on any atom is 0.277 e. The van der Waals surface area contributed by atoms with Gasteiger partial charge in [0.05, 0.1) is 53.5 Å². The summed E-state index contributed by atoms with van der Waals surface area (Å²) in [6.07, 6.45) is 3.70. The number of benzene rings is 2. The maximum atomic E-state index is 15.8. The average molecular weight is 590 g/mol. The first-order chi connectivity index (χ1) is 18.0. The fourth-order valence-corrected chi connectivity index (χ4v) is 4.77. The summed E-state index contributed by atoms with van der Waals surface area (Å²) in [6, 6.07) is 6.77. The fourth-order valence-electron chi connectivity index (χ4n) is 4.05. The summed E-state index contributed by atoms with van der Waals surface area (Å²) in [6.45, 7) is 5.29. The number of piperazine rings is 1. The van der Waals surface area contributed by atoms with Crippen molar-refractivity contribution in [3.8, 4) is 11.8 Å². The molecule has 1 aromatic heterocycles. The molecule has 0 bridgehead atoms. The van der Waals surface area contributed by atoms with Crippen molar-refractivity contribution >= 4 is 55.8 Å². The molecule has 2 aliphatic rings. The number of hydrogen-bond donors (Lipinski definition) is 3. The molecule has 3 N–H and O–H groups in total. The number of hydroxylamine groups is 1. The molecule has 11 heteroatoms. The van der Waals surface area contributed by atoms with Crippen LogP contribution in [0.15, 0.2) is 35.1 Å². The summed E-state index contributed by atoms with van der Waals surface area (Å²) >= 11 is 9.72. The molecule has 1 aliphatic heterocycles. The lowest BCUT2D eigenvalue weighted by atomic mass is 10.1. The zero-order valence-corrected chi connectivity index (χ0v) is 22.5. The van der Waals surface area contributed by atoms with Gasteiger partial charge in [-0.1, -0.05) is 39.4 Å². The Morgan fingerprint density at radius 2 is 2.03 bits per heavy atom. The van der Waals surface area contributed by atoms with Crippen molar-refractivity contribution < 1.29 is 14.0 Å². The highest BCUT2D eigenvalue weighted by Gasteiger charge is 2.25. The number of nitrogens with one attached hydrogen (secondary N) is 3. The molecule has 37 heavy (non-hydrogen) atoms. The van der Waals surface area contributed by atoms with Gasteiger partial charge in [0, 0.05) is 30.7 Å². The minimum atomic E-state index is -0.656. The van der Waals surface area contributed by atoms with Crippen LogP contribution in [0.2, 0.25) is 5.02 Å². The molecule has 0 spiro atoms. The van der Waals surface area contributed by atoms with E-state index in [2.05, 4.69) is 53.8 Å². The van der Waals surface area contributed by atoms with Gasteiger partial charge in [-0.25, -0.2) is 14.9 Å². The smallest absolute Gasteiger partial charge is 0.277 e. The molecule has 2 fully saturated rings. The molecule has 0 radical (unpaired) electrons. The van der Waals surface area contributed by atoms with Gasteiger partial charge in [0.15, 0.2) is 5.82 Å². The number of imidazole rings is 1. The van der Waals surface area contributed by atoms with Crippen molar-refractivity contribution in [1.29, 1.82) is 0 Å². The lowest BCUT2D eigenvalue weighted by Gasteiger charge is -2.24. The maximum absolute atomic E-state index is 15.8. The number of rotatable bonds is 8. The van der Waals surface area contributed by atoms with Crippen molar-refractivity contribution in [3.05, 3.63) is 51.5 Å². The Balaban J connectivity index is 1.43. The second-order valence-electron chi connectivity index (χ2n) is 9.17. The van der Waals surface area contributed by atoms with Crippen LogP contribution in [0.1, 0.15) is 23.2 Å². The van der Waals surface area contributed by atoms with Crippen LogP contribution in [-0.2, 0) is 11.4 Å². The highest BCUT2D eigenvalue weighted by atomic mass is 79.9. The number of anilines is 2. The first-order valence-electron chi connectivity index (χ1n) is 12.2. The predicted molar refractivity (Wildman–Crippen MR) is 145 cm³/mol. The third-order valence-corrected chi connectivity index (χ3v) is 7.16. The second-order valence-corrected chi connectivity index (χ2v) is 10.5. The second kappa shape index (κ2) is 11.8. The van der Waals surface area contributed by atoms with Gasteiger partial charge in [-0.2, -0.15) is 0 Å². The number of hydrogen-bond acceptors (Lipinski definition) is 6. The highest BCUT2D eigenvalue weighted by molar-refractivity contribution is 9.10. The Morgan fingerprint density at radius 3 is 2.78 bits per heavy atom. The van der Waals surface area contributed by atoms with E-state index in [1.807, 2.05) is 0 Å². The molecule has 1 saturated heterocycles. The van der Waals surface area contributed by atoms with Crippen LogP contribution in [0.3, 0.4) is 0 Å². The van der Waals surface area contributed by atoms with Crippen LogP contribution in [-0.4, -0.2) is 59.7 Å². The predicted octanol–water partition coefficient (Wildman–Crippen LogP) is 4.31. The third-order valence-electron chi connectivity index (χ3n) is 6.36. The molecular formula is C26H27BrClFN6O2. The number of carbonyl (C=O) groups excluding carboxylic acids is 1. The third kappa shape index (κ3) is 6.43. The molecule has 3 aromatic rings. The Kier molecular flexibility index (Phi) is 8.27. The summed E-state index contributed by atoms with van der Waals surface area (Å²) in [7, 11) is 0. The molecular weight excluding hydrogens is 563 g/mol. The summed E-state index contributed by atoms with van der Waals surface area (Å²) in [5.74, 6) is 5.57. The summed E-state index contributed by atoms with van der Waals surface area (Å²) in [4.78, 5) is 25.1. The number of carbonyl (C=O) groups is 1. The van der Waals surface area contributed by atoms with Crippen molar-refractivity contribution in [3.63, 3.8) is 0 Å². The van der Waals surface area contributed by atoms with Gasteiger partial charge < -0.3 is 15.2 Å². The quantitative estimate of drug-likeness (QED) is 0.268. The van der Waals surface area contributed by atoms with Crippen LogP contribution >= 0.6 is 27.5 Å². The van der Waals surface area contributed by atoms with Crippen molar-refractivity contribution in [2.75, 3.05) is 44.6 Å². The zero-order chi connectivity index (χ0) is 25.8. The minimum Gasteiger partial charge on any atom is -0.351 e. The molecule has 1 aliphatic carbocycles. The molecule has 5 rings (SSSR count). The van der Waals surface area contributed by atoms with Crippen molar-refractivity contribution in [2.24, 2.45) is 5.92 Å². The fraction of sp³-hybridized carbons (Fsp3) is 0.385. The van der Waals surface area contributed by atoms with E-state index in [0.717, 1.165) is 43.5 Å². The molecule has 1 saturated carbocycles. The van der Waals surface area contributed by atoms with E-state index in [-0.39, 0.29) is 16.8 Å². The summed E-state index contributed by atoms with van der Waals surface area (Å²) in [5, 5.41) is 6.68. The monoisotopic (exact) mass is 588 g/mol. The topological polar surface area (TPSA) is 83.5 Å². The van der Waals surface area contributed by atoms with Gasteiger partial charge in [-0.3, -0.25) is 14.5 Å². The van der Waals surface area contributed by atoms with Gasteiger partial charge >= 0.3 is 0 Å². The molecule has 8 nitrogen and oxygen atoms in total. The Morgan fingerprint density at radius 1 is 1.24 bits per heavy atom. The van der Waals surface area contributed by atoms with E-state index in [9.17, 15) is 4.79 Å². The van der Waals surface area contributed by atoms with E-state index >= 15 is 4.39 Å². The van der Waals surface area contributed by atoms with Crippen LogP contribution in [0.4, 0.5) is 15.8 Å². The van der Waals surface area contributed by atoms with Crippen LogP contribution < -0.4 is 16.1 Å². The highest BCUT2D eigenvalue weighted by Crippen LogP contribution is 2.34.